The summed E-state index contributed by atoms with van der Waals surface area (Å²) in [5.74, 6) is -0.246. The fraction of sp³-hybridized carbons (Fsp3) is 0.360. The van der Waals surface area contributed by atoms with E-state index in [4.69, 9.17) is 4.74 Å². The molecule has 2 aliphatic rings. The number of hydrogen-bond acceptors (Lipinski definition) is 7. The van der Waals surface area contributed by atoms with Gasteiger partial charge in [0.15, 0.2) is 17.3 Å². The summed E-state index contributed by atoms with van der Waals surface area (Å²) in [5.41, 5.74) is 3.48. The van der Waals surface area contributed by atoms with Crippen LogP contribution in [0.5, 0.6) is 0 Å². The number of rotatable bonds is 2. The van der Waals surface area contributed by atoms with E-state index < -0.39 is 17.5 Å². The van der Waals surface area contributed by atoms with Gasteiger partial charge in [0.2, 0.25) is 5.95 Å². The predicted octanol–water partition coefficient (Wildman–Crippen LogP) is 3.33. The van der Waals surface area contributed by atoms with Gasteiger partial charge in [0.05, 0.1) is 12.3 Å². The van der Waals surface area contributed by atoms with Gasteiger partial charge in [0, 0.05) is 23.8 Å². The molecule has 10 heteroatoms. The van der Waals surface area contributed by atoms with Crippen LogP contribution in [-0.4, -0.2) is 37.5 Å². The summed E-state index contributed by atoms with van der Waals surface area (Å²) in [6, 6.07) is 9.17. The van der Waals surface area contributed by atoms with Crippen molar-refractivity contribution in [2.75, 3.05) is 18.5 Å². The van der Waals surface area contributed by atoms with Crippen LogP contribution in [0, 0.1) is 5.82 Å². The van der Waals surface area contributed by atoms with Gasteiger partial charge in [-0.1, -0.05) is 19.9 Å². The van der Waals surface area contributed by atoms with Crippen molar-refractivity contribution in [3.8, 4) is 5.82 Å². The van der Waals surface area contributed by atoms with Gasteiger partial charge in [0.25, 0.3) is 5.56 Å². The summed E-state index contributed by atoms with van der Waals surface area (Å²) in [5, 5.41) is 6.86. The van der Waals surface area contributed by atoms with E-state index in [1.807, 2.05) is 19.9 Å². The van der Waals surface area contributed by atoms with E-state index in [1.54, 1.807) is 13.0 Å². The highest BCUT2D eigenvalue weighted by atomic mass is 19.1. The van der Waals surface area contributed by atoms with Crippen molar-refractivity contribution < 1.29 is 9.13 Å². The SMILES string of the molecule is CC1OCC(C)(C)c2ccc(F)c(n2)-n2c3nc(Nc4ccc5c(c4)CCNC5)ncc3c(=O)n21. The van der Waals surface area contributed by atoms with Gasteiger partial charge in [-0.3, -0.25) is 4.79 Å². The van der Waals surface area contributed by atoms with Crippen LogP contribution in [0.4, 0.5) is 16.0 Å². The highest BCUT2D eigenvalue weighted by molar-refractivity contribution is 5.77. The van der Waals surface area contributed by atoms with Gasteiger partial charge in [-0.25, -0.2) is 23.7 Å². The van der Waals surface area contributed by atoms with Crippen LogP contribution in [0.1, 0.15) is 43.8 Å². The first kappa shape index (κ1) is 21.9. The van der Waals surface area contributed by atoms with Crippen LogP contribution in [0.2, 0.25) is 0 Å². The molecule has 2 bridgehead atoms. The minimum Gasteiger partial charge on any atom is -0.356 e. The molecule has 0 saturated heterocycles. The van der Waals surface area contributed by atoms with Crippen molar-refractivity contribution in [3.63, 3.8) is 0 Å². The zero-order valence-corrected chi connectivity index (χ0v) is 19.8. The number of ether oxygens (including phenoxy) is 1. The number of hydrogen-bond donors (Lipinski definition) is 2. The first-order valence-electron chi connectivity index (χ1n) is 11.7. The molecule has 9 nitrogen and oxygen atoms in total. The highest BCUT2D eigenvalue weighted by Gasteiger charge is 2.31. The number of benzene rings is 1. The lowest BCUT2D eigenvalue weighted by molar-refractivity contribution is -0.0190. The molecule has 4 aromatic rings. The van der Waals surface area contributed by atoms with E-state index in [1.165, 1.54) is 32.8 Å². The molecule has 5 heterocycles. The second kappa shape index (κ2) is 7.96. The lowest BCUT2D eigenvalue weighted by Gasteiger charge is -2.24. The van der Waals surface area contributed by atoms with E-state index in [-0.39, 0.29) is 22.4 Å². The van der Waals surface area contributed by atoms with Crippen molar-refractivity contribution in [1.82, 2.24) is 29.6 Å². The minimum atomic E-state index is -0.669. The quantitative estimate of drug-likeness (QED) is 0.459. The molecule has 0 fully saturated rings. The standard InChI is InChI=1S/C25H26FN7O2/c1-14-32-23(34)18-12-28-24(29-17-5-4-16-11-27-9-8-15(16)10-17)31-21(18)33(32)22-19(26)6-7-20(30-22)25(2,3)13-35-14/h4-7,10,12,14,27H,8-9,11,13H2,1-3H3,(H,28,29,31). The lowest BCUT2D eigenvalue weighted by atomic mass is 9.90. The van der Waals surface area contributed by atoms with Crippen molar-refractivity contribution in [3.05, 3.63) is 69.5 Å². The molecule has 35 heavy (non-hydrogen) atoms. The molecule has 1 atom stereocenters. The molecule has 0 saturated carbocycles. The molecular formula is C25H26FN7O2. The van der Waals surface area contributed by atoms with E-state index in [0.717, 1.165) is 25.2 Å². The van der Waals surface area contributed by atoms with Crippen LogP contribution >= 0.6 is 0 Å². The van der Waals surface area contributed by atoms with E-state index in [9.17, 15) is 4.79 Å². The van der Waals surface area contributed by atoms with Crippen LogP contribution < -0.4 is 16.2 Å². The lowest BCUT2D eigenvalue weighted by Crippen LogP contribution is -2.30. The molecule has 2 aliphatic heterocycles. The molecule has 0 aliphatic carbocycles. The average molecular weight is 476 g/mol. The summed E-state index contributed by atoms with van der Waals surface area (Å²) < 4.78 is 24.0. The molecule has 0 radical (unpaired) electrons. The Bertz CT molecular complexity index is 1520. The Labute approximate surface area is 201 Å². The van der Waals surface area contributed by atoms with Crippen molar-refractivity contribution in [2.45, 2.75) is 45.4 Å². The number of fused-ring (bicyclic) bond motifs is 7. The zero-order valence-electron chi connectivity index (χ0n) is 19.8. The van der Waals surface area contributed by atoms with Crippen LogP contribution in [-0.2, 0) is 23.1 Å². The topological polar surface area (TPSA) is 98.9 Å². The number of aromatic nitrogens is 5. The number of anilines is 2. The Hall–Kier alpha value is -3.63. The van der Waals surface area contributed by atoms with E-state index >= 15 is 4.39 Å². The van der Waals surface area contributed by atoms with Crippen LogP contribution in [0.25, 0.3) is 16.9 Å². The Morgan fingerprint density at radius 3 is 2.91 bits per heavy atom. The van der Waals surface area contributed by atoms with Crippen molar-refractivity contribution in [2.24, 2.45) is 0 Å². The molecule has 0 amide bonds. The number of halogens is 1. The maximum atomic E-state index is 15.1. The normalized spacial score (nSPS) is 18.8. The first-order valence-corrected chi connectivity index (χ1v) is 11.7. The molecule has 6 rings (SSSR count). The summed E-state index contributed by atoms with van der Waals surface area (Å²) >= 11 is 0. The Balaban J connectivity index is 1.51. The molecule has 0 spiro atoms. The number of pyridine rings is 1. The van der Waals surface area contributed by atoms with Crippen molar-refractivity contribution in [1.29, 1.82) is 0 Å². The van der Waals surface area contributed by atoms with Gasteiger partial charge in [-0.2, -0.15) is 4.98 Å². The maximum absolute atomic E-state index is 15.1. The molecule has 3 aromatic heterocycles. The summed E-state index contributed by atoms with van der Waals surface area (Å²) in [6.45, 7) is 7.81. The first-order chi connectivity index (χ1) is 16.8. The fourth-order valence-electron chi connectivity index (χ4n) is 4.71. The smallest absolute Gasteiger partial charge is 0.280 e. The van der Waals surface area contributed by atoms with Gasteiger partial charge >= 0.3 is 0 Å². The molecule has 180 valence electrons. The van der Waals surface area contributed by atoms with Gasteiger partial charge in [0.1, 0.15) is 11.6 Å². The molecular weight excluding hydrogens is 449 g/mol. The highest BCUT2D eigenvalue weighted by Crippen LogP contribution is 2.30. The third-order valence-electron chi connectivity index (χ3n) is 6.72. The molecule has 1 unspecified atom stereocenters. The third kappa shape index (κ3) is 3.60. The molecule has 1 aromatic carbocycles. The van der Waals surface area contributed by atoms with Crippen molar-refractivity contribution >= 4 is 22.7 Å². The molecule has 2 N–H and O–H groups in total. The minimum absolute atomic E-state index is 0.00551. The van der Waals surface area contributed by atoms with Crippen LogP contribution in [0.3, 0.4) is 0 Å². The zero-order chi connectivity index (χ0) is 24.3. The van der Waals surface area contributed by atoms with Gasteiger partial charge in [-0.15, -0.1) is 0 Å². The van der Waals surface area contributed by atoms with Crippen LogP contribution in [0.15, 0.2) is 41.3 Å². The maximum Gasteiger partial charge on any atom is 0.280 e. The summed E-state index contributed by atoms with van der Waals surface area (Å²) in [6.07, 6.45) is 1.74. The average Bonchev–Trinajstić information content (AvgIpc) is 3.15. The summed E-state index contributed by atoms with van der Waals surface area (Å²) in [7, 11) is 0. The fourth-order valence-corrected chi connectivity index (χ4v) is 4.71. The van der Waals surface area contributed by atoms with Gasteiger partial charge < -0.3 is 15.4 Å². The second-order valence-electron chi connectivity index (χ2n) is 9.72. The third-order valence-corrected chi connectivity index (χ3v) is 6.72. The Kier molecular flexibility index (Phi) is 4.97. The monoisotopic (exact) mass is 475 g/mol. The van der Waals surface area contributed by atoms with E-state index in [2.05, 4.69) is 37.7 Å². The summed E-state index contributed by atoms with van der Waals surface area (Å²) in [4.78, 5) is 27.0. The number of nitrogens with zero attached hydrogens (tertiary/aromatic N) is 5. The van der Waals surface area contributed by atoms with E-state index in [0.29, 0.717) is 18.2 Å². The largest absolute Gasteiger partial charge is 0.356 e. The number of nitrogens with one attached hydrogen (secondary N) is 2. The Morgan fingerprint density at radius 1 is 1.20 bits per heavy atom. The second-order valence-corrected chi connectivity index (χ2v) is 9.72. The Morgan fingerprint density at radius 2 is 2.06 bits per heavy atom. The predicted molar refractivity (Wildman–Crippen MR) is 130 cm³/mol. The van der Waals surface area contributed by atoms with Gasteiger partial charge in [-0.05, 0) is 55.3 Å².